The summed E-state index contributed by atoms with van der Waals surface area (Å²) in [6.07, 6.45) is 0.746. The summed E-state index contributed by atoms with van der Waals surface area (Å²) < 4.78 is 23.1. The highest BCUT2D eigenvalue weighted by molar-refractivity contribution is 5.48. The van der Waals surface area contributed by atoms with E-state index >= 15 is 0 Å². The third kappa shape index (κ3) is 2.81. The summed E-state index contributed by atoms with van der Waals surface area (Å²) in [5, 5.41) is 12.8. The van der Waals surface area contributed by atoms with Crippen molar-refractivity contribution >= 4 is 5.69 Å². The van der Waals surface area contributed by atoms with Crippen molar-refractivity contribution in [1.82, 2.24) is 0 Å². The van der Waals surface area contributed by atoms with Gasteiger partial charge in [-0.25, -0.2) is 4.39 Å². The van der Waals surface area contributed by atoms with Gasteiger partial charge in [0.05, 0.1) is 13.4 Å². The number of furan rings is 1. The SMILES string of the molecule is COc1cc(NCC(O)c2ccco2)ccc1F. The first-order valence-corrected chi connectivity index (χ1v) is 5.49. The smallest absolute Gasteiger partial charge is 0.165 e. The van der Waals surface area contributed by atoms with Crippen LogP contribution in [0.15, 0.2) is 41.0 Å². The van der Waals surface area contributed by atoms with E-state index in [-0.39, 0.29) is 12.3 Å². The second kappa shape index (κ2) is 5.55. The van der Waals surface area contributed by atoms with Gasteiger partial charge in [-0.15, -0.1) is 0 Å². The molecule has 0 spiro atoms. The number of rotatable bonds is 5. The molecule has 0 aliphatic carbocycles. The molecule has 2 aromatic rings. The molecule has 18 heavy (non-hydrogen) atoms. The van der Waals surface area contributed by atoms with E-state index in [2.05, 4.69) is 5.32 Å². The lowest BCUT2D eigenvalue weighted by Gasteiger charge is -2.11. The molecular formula is C13H14FNO3. The van der Waals surface area contributed by atoms with Gasteiger partial charge in [-0.05, 0) is 24.3 Å². The Bertz CT molecular complexity index is 499. The highest BCUT2D eigenvalue weighted by atomic mass is 19.1. The molecule has 0 saturated heterocycles. The van der Waals surface area contributed by atoms with Crippen molar-refractivity contribution < 1.29 is 18.7 Å². The number of hydrogen-bond acceptors (Lipinski definition) is 4. The fraction of sp³-hybridized carbons (Fsp3) is 0.231. The number of hydrogen-bond donors (Lipinski definition) is 2. The van der Waals surface area contributed by atoms with Crippen molar-refractivity contribution in [3.05, 3.63) is 48.2 Å². The number of anilines is 1. The quantitative estimate of drug-likeness (QED) is 0.857. The van der Waals surface area contributed by atoms with E-state index in [0.717, 1.165) is 0 Å². The summed E-state index contributed by atoms with van der Waals surface area (Å²) in [5.74, 6) is 0.221. The molecule has 1 heterocycles. The van der Waals surface area contributed by atoms with Crippen molar-refractivity contribution in [2.45, 2.75) is 6.10 Å². The monoisotopic (exact) mass is 251 g/mol. The van der Waals surface area contributed by atoms with Crippen LogP contribution < -0.4 is 10.1 Å². The van der Waals surface area contributed by atoms with Crippen LogP contribution in [0.1, 0.15) is 11.9 Å². The zero-order valence-corrected chi connectivity index (χ0v) is 9.89. The summed E-state index contributed by atoms with van der Waals surface area (Å²) in [6, 6.07) is 7.81. The van der Waals surface area contributed by atoms with Crippen LogP contribution in [0.5, 0.6) is 5.75 Å². The molecule has 2 rings (SSSR count). The average molecular weight is 251 g/mol. The van der Waals surface area contributed by atoms with E-state index in [1.807, 2.05) is 0 Å². The van der Waals surface area contributed by atoms with Gasteiger partial charge in [0.2, 0.25) is 0 Å². The number of aliphatic hydroxyl groups is 1. The highest BCUT2D eigenvalue weighted by Gasteiger charge is 2.10. The van der Waals surface area contributed by atoms with Gasteiger partial charge in [-0.1, -0.05) is 0 Å². The predicted molar refractivity (Wildman–Crippen MR) is 65.1 cm³/mol. The molecule has 4 nitrogen and oxygen atoms in total. The number of benzene rings is 1. The van der Waals surface area contributed by atoms with Crippen LogP contribution in [-0.2, 0) is 0 Å². The fourth-order valence-electron chi connectivity index (χ4n) is 1.57. The number of methoxy groups -OCH3 is 1. The maximum absolute atomic E-state index is 13.2. The minimum Gasteiger partial charge on any atom is -0.494 e. The first kappa shape index (κ1) is 12.4. The molecule has 1 aromatic carbocycles. The molecule has 0 aliphatic heterocycles. The number of aliphatic hydroxyl groups excluding tert-OH is 1. The standard InChI is InChI=1S/C13H14FNO3/c1-17-13-7-9(4-5-10(13)14)15-8-11(16)12-3-2-6-18-12/h2-7,11,15-16H,8H2,1H3. The van der Waals surface area contributed by atoms with Gasteiger partial charge in [0.25, 0.3) is 0 Å². The number of halogens is 1. The Hall–Kier alpha value is -2.01. The Balaban J connectivity index is 1.98. The van der Waals surface area contributed by atoms with E-state index in [9.17, 15) is 9.50 Å². The topological polar surface area (TPSA) is 54.6 Å². The highest BCUT2D eigenvalue weighted by Crippen LogP contribution is 2.22. The lowest BCUT2D eigenvalue weighted by molar-refractivity contribution is 0.162. The largest absolute Gasteiger partial charge is 0.494 e. The third-order valence-corrected chi connectivity index (χ3v) is 2.52. The Labute approximate surface area is 104 Å². The minimum atomic E-state index is -0.754. The second-order valence-electron chi connectivity index (χ2n) is 3.76. The van der Waals surface area contributed by atoms with Crippen LogP contribution in [0.25, 0.3) is 0 Å². The summed E-state index contributed by atoms with van der Waals surface area (Å²) in [6.45, 7) is 0.266. The summed E-state index contributed by atoms with van der Waals surface area (Å²) in [7, 11) is 1.40. The molecule has 1 aromatic heterocycles. The molecule has 0 fully saturated rings. The molecular weight excluding hydrogens is 237 g/mol. The number of nitrogens with one attached hydrogen (secondary N) is 1. The van der Waals surface area contributed by atoms with Crippen molar-refractivity contribution in [3.63, 3.8) is 0 Å². The van der Waals surface area contributed by atoms with E-state index in [4.69, 9.17) is 9.15 Å². The molecule has 0 aliphatic rings. The zero-order valence-electron chi connectivity index (χ0n) is 9.89. The van der Waals surface area contributed by atoms with Crippen molar-refractivity contribution in [3.8, 4) is 5.75 Å². The summed E-state index contributed by atoms with van der Waals surface area (Å²) >= 11 is 0. The molecule has 0 bridgehead atoms. The van der Waals surface area contributed by atoms with Crippen LogP contribution in [0.3, 0.4) is 0 Å². The molecule has 1 atom stereocenters. The molecule has 5 heteroatoms. The molecule has 2 N–H and O–H groups in total. The lowest BCUT2D eigenvalue weighted by atomic mass is 10.2. The van der Waals surface area contributed by atoms with Crippen LogP contribution >= 0.6 is 0 Å². The first-order valence-electron chi connectivity index (χ1n) is 5.49. The Kier molecular flexibility index (Phi) is 3.84. The van der Waals surface area contributed by atoms with Gasteiger partial charge in [-0.2, -0.15) is 0 Å². The van der Waals surface area contributed by atoms with Gasteiger partial charge in [-0.3, -0.25) is 0 Å². The Morgan fingerprint density at radius 2 is 2.28 bits per heavy atom. The maximum atomic E-state index is 13.2. The fourth-order valence-corrected chi connectivity index (χ4v) is 1.57. The maximum Gasteiger partial charge on any atom is 0.165 e. The van der Waals surface area contributed by atoms with Gasteiger partial charge in [0.1, 0.15) is 11.9 Å². The van der Waals surface area contributed by atoms with E-state index in [1.54, 1.807) is 18.2 Å². The van der Waals surface area contributed by atoms with Gasteiger partial charge >= 0.3 is 0 Å². The van der Waals surface area contributed by atoms with Gasteiger partial charge < -0.3 is 19.6 Å². The van der Waals surface area contributed by atoms with Crippen LogP contribution in [-0.4, -0.2) is 18.8 Å². The Morgan fingerprint density at radius 1 is 1.44 bits per heavy atom. The summed E-state index contributed by atoms with van der Waals surface area (Å²) in [5.41, 5.74) is 0.666. The lowest BCUT2D eigenvalue weighted by Crippen LogP contribution is -2.11. The normalized spacial score (nSPS) is 12.2. The molecule has 0 amide bonds. The third-order valence-electron chi connectivity index (χ3n) is 2.52. The first-order chi connectivity index (χ1) is 8.70. The average Bonchev–Trinajstić information content (AvgIpc) is 2.91. The zero-order chi connectivity index (χ0) is 13.0. The van der Waals surface area contributed by atoms with E-state index in [0.29, 0.717) is 11.4 Å². The van der Waals surface area contributed by atoms with Crippen molar-refractivity contribution in [2.24, 2.45) is 0 Å². The second-order valence-corrected chi connectivity index (χ2v) is 3.76. The summed E-state index contributed by atoms with van der Waals surface area (Å²) in [4.78, 5) is 0. The van der Waals surface area contributed by atoms with Crippen molar-refractivity contribution in [1.29, 1.82) is 0 Å². The van der Waals surface area contributed by atoms with Gasteiger partial charge in [0, 0.05) is 18.3 Å². The molecule has 1 unspecified atom stereocenters. The number of ether oxygens (including phenoxy) is 1. The van der Waals surface area contributed by atoms with Crippen LogP contribution in [0, 0.1) is 5.82 Å². The Morgan fingerprint density at radius 3 is 2.94 bits per heavy atom. The van der Waals surface area contributed by atoms with E-state index in [1.165, 1.54) is 25.5 Å². The van der Waals surface area contributed by atoms with Crippen LogP contribution in [0.4, 0.5) is 10.1 Å². The van der Waals surface area contributed by atoms with Crippen molar-refractivity contribution in [2.75, 3.05) is 19.0 Å². The van der Waals surface area contributed by atoms with E-state index < -0.39 is 11.9 Å². The minimum absolute atomic E-state index is 0.160. The van der Waals surface area contributed by atoms with Gasteiger partial charge in [0.15, 0.2) is 11.6 Å². The van der Waals surface area contributed by atoms with Crippen LogP contribution in [0.2, 0.25) is 0 Å². The molecule has 96 valence electrons. The molecule has 0 saturated carbocycles. The predicted octanol–water partition coefficient (Wildman–Crippen LogP) is 2.57. The molecule has 0 radical (unpaired) electrons.